The number of ether oxygens (including phenoxy) is 4. The lowest BCUT2D eigenvalue weighted by molar-refractivity contribution is -0.144. The summed E-state index contributed by atoms with van der Waals surface area (Å²) in [4.78, 5) is 73.4. The molecule has 0 bridgehead atoms. The van der Waals surface area contributed by atoms with E-state index in [-0.39, 0.29) is 41.9 Å². The monoisotopic (exact) mass is 876 g/mol. The van der Waals surface area contributed by atoms with Crippen molar-refractivity contribution in [1.82, 2.24) is 40.4 Å². The summed E-state index contributed by atoms with van der Waals surface area (Å²) in [5.74, 6) is 1.60. The molecule has 7 atom stereocenters. The van der Waals surface area contributed by atoms with Crippen molar-refractivity contribution in [1.29, 1.82) is 0 Å². The van der Waals surface area contributed by atoms with Crippen LogP contribution in [0.15, 0.2) is 48.7 Å². The van der Waals surface area contributed by atoms with Crippen molar-refractivity contribution in [2.24, 2.45) is 5.92 Å². The number of hydrogen-bond donors (Lipinski definition) is 4. The van der Waals surface area contributed by atoms with Gasteiger partial charge in [0.2, 0.25) is 11.8 Å². The van der Waals surface area contributed by atoms with Crippen LogP contribution in [0.2, 0.25) is 0 Å². The van der Waals surface area contributed by atoms with Crippen molar-refractivity contribution < 1.29 is 38.1 Å². The van der Waals surface area contributed by atoms with E-state index in [0.717, 1.165) is 74.8 Å². The number of aromatic nitrogens is 4. The first kappa shape index (κ1) is 44.4. The third-order valence-electron chi connectivity index (χ3n) is 12.9. The van der Waals surface area contributed by atoms with Gasteiger partial charge in [-0.15, -0.1) is 0 Å². The molecule has 340 valence electrons. The number of rotatable bonds is 10. The normalized spacial score (nSPS) is 21.0. The third kappa shape index (κ3) is 8.47. The molecule has 3 aliphatic rings. The average Bonchev–Trinajstić information content (AvgIpc) is 4.08. The Kier molecular flexibility index (Phi) is 12.1. The van der Waals surface area contributed by atoms with Gasteiger partial charge in [-0.2, -0.15) is 0 Å². The average molecular weight is 877 g/mol. The second-order valence-electron chi connectivity index (χ2n) is 18.8. The van der Waals surface area contributed by atoms with Gasteiger partial charge in [0.25, 0.3) is 0 Å². The first-order valence-corrected chi connectivity index (χ1v) is 22.2. The Labute approximate surface area is 373 Å². The van der Waals surface area contributed by atoms with Crippen LogP contribution in [0.4, 0.5) is 9.59 Å². The predicted molar refractivity (Wildman–Crippen MR) is 241 cm³/mol. The Bertz CT molecular complexity index is 2600. The van der Waals surface area contributed by atoms with Gasteiger partial charge in [0.05, 0.1) is 60.9 Å². The second-order valence-corrected chi connectivity index (χ2v) is 18.8. The summed E-state index contributed by atoms with van der Waals surface area (Å²) in [6, 6.07) is 12.2. The molecular formula is C48H60N8O8. The van der Waals surface area contributed by atoms with E-state index in [2.05, 4.69) is 57.0 Å². The van der Waals surface area contributed by atoms with Crippen LogP contribution < -0.4 is 15.4 Å². The van der Waals surface area contributed by atoms with E-state index in [0.29, 0.717) is 24.7 Å². The molecule has 0 aliphatic carbocycles. The van der Waals surface area contributed by atoms with Crippen molar-refractivity contribution in [3.8, 4) is 28.1 Å². The molecule has 16 nitrogen and oxygen atoms in total. The Hall–Kier alpha value is -6.16. The number of fused-ring (bicyclic) bond motifs is 6. The van der Waals surface area contributed by atoms with Crippen LogP contribution in [0, 0.1) is 5.92 Å². The number of likely N-dealkylation sites (tertiary alicyclic amines) is 2. The molecule has 5 aromatic rings. The molecule has 3 aromatic carbocycles. The van der Waals surface area contributed by atoms with Crippen molar-refractivity contribution in [3.05, 3.63) is 65.9 Å². The molecule has 2 fully saturated rings. The summed E-state index contributed by atoms with van der Waals surface area (Å²) in [6.45, 7) is 15.7. The predicted octanol–water partition coefficient (Wildman–Crippen LogP) is 8.08. The number of aromatic amines is 2. The fourth-order valence-electron chi connectivity index (χ4n) is 9.75. The number of nitrogens with one attached hydrogen (secondary N) is 4. The van der Waals surface area contributed by atoms with Crippen LogP contribution in [-0.4, -0.2) is 104 Å². The first-order chi connectivity index (χ1) is 30.5. The molecule has 2 aromatic heterocycles. The molecular weight excluding hydrogens is 817 g/mol. The topological polar surface area (TPSA) is 193 Å². The fraction of sp³-hybridized carbons (Fsp3) is 0.500. The van der Waals surface area contributed by atoms with Gasteiger partial charge in [-0.05, 0) is 119 Å². The zero-order valence-corrected chi connectivity index (χ0v) is 38.3. The third-order valence-corrected chi connectivity index (χ3v) is 12.9. The minimum absolute atomic E-state index is 0.0214. The quantitative estimate of drug-likeness (QED) is 0.107. The van der Waals surface area contributed by atoms with Crippen molar-refractivity contribution in [3.63, 3.8) is 0 Å². The van der Waals surface area contributed by atoms with E-state index in [9.17, 15) is 19.2 Å². The smallest absolute Gasteiger partial charge is 0.407 e. The van der Waals surface area contributed by atoms with E-state index < -0.39 is 36.0 Å². The van der Waals surface area contributed by atoms with E-state index in [1.54, 1.807) is 6.92 Å². The number of hydrogen-bond acceptors (Lipinski definition) is 10. The van der Waals surface area contributed by atoms with Gasteiger partial charge in [0, 0.05) is 23.0 Å². The molecule has 4 N–H and O–H groups in total. The van der Waals surface area contributed by atoms with E-state index in [1.165, 1.54) is 14.2 Å². The Morgan fingerprint density at radius 1 is 0.797 bits per heavy atom. The molecule has 0 spiro atoms. The van der Waals surface area contributed by atoms with Gasteiger partial charge in [-0.3, -0.25) is 9.59 Å². The van der Waals surface area contributed by atoms with Crippen LogP contribution in [-0.2, 0) is 30.4 Å². The molecule has 0 saturated carbocycles. The van der Waals surface area contributed by atoms with Gasteiger partial charge in [0.1, 0.15) is 36.1 Å². The maximum Gasteiger partial charge on any atom is 0.407 e. The number of carbonyl (C=O) groups is 4. The van der Waals surface area contributed by atoms with Gasteiger partial charge in [0.15, 0.2) is 0 Å². The molecule has 64 heavy (non-hydrogen) atoms. The highest BCUT2D eigenvalue weighted by atomic mass is 16.5. The van der Waals surface area contributed by atoms with Crippen molar-refractivity contribution in [2.45, 2.75) is 136 Å². The molecule has 2 saturated heterocycles. The zero-order valence-electron chi connectivity index (χ0n) is 38.3. The van der Waals surface area contributed by atoms with Crippen molar-refractivity contribution >= 4 is 45.8 Å². The largest absolute Gasteiger partial charge is 0.488 e. The zero-order chi connectivity index (χ0) is 45.8. The lowest BCUT2D eigenvalue weighted by Gasteiger charge is -2.35. The molecule has 5 heterocycles. The minimum Gasteiger partial charge on any atom is -0.488 e. The standard InChI is InChI=1S/C48H60N8O8/c1-24(2)39(53-46(59)61-9)44(57)55-25(3)11-17-36(55)42-49-22-35(51-42)29-13-15-31-30(19-29)23-63-38-21-32-28(20-33(31)38)14-16-34-41(32)52-43(50-34)37-18-12-26(4)56(37)45(58)40(54-47(60)62-10)27(5)64-48(6,7)8/h13-16,19-22,24-27,36-37,39-40H,11-12,17-18,23H2,1-10H3,(H,49,51)(H,50,52)(H,53,59)(H,54,60)/t25-,26-,27?,36-,37?,39-,40-/m0/s1. The lowest BCUT2D eigenvalue weighted by atomic mass is 9.92. The number of benzene rings is 3. The van der Waals surface area contributed by atoms with Gasteiger partial charge in [-0.25, -0.2) is 19.6 Å². The highest BCUT2D eigenvalue weighted by molar-refractivity contribution is 6.07. The lowest BCUT2D eigenvalue weighted by Crippen LogP contribution is -2.56. The number of methoxy groups -OCH3 is 2. The summed E-state index contributed by atoms with van der Waals surface area (Å²) < 4.78 is 22.3. The Balaban J connectivity index is 1.04. The molecule has 0 radical (unpaired) electrons. The maximum absolute atomic E-state index is 14.4. The van der Waals surface area contributed by atoms with Gasteiger partial charge < -0.3 is 49.3 Å². The van der Waals surface area contributed by atoms with Crippen molar-refractivity contribution in [2.75, 3.05) is 14.2 Å². The number of amides is 4. The number of alkyl carbamates (subject to hydrolysis) is 2. The summed E-state index contributed by atoms with van der Waals surface area (Å²) >= 11 is 0. The maximum atomic E-state index is 14.4. The molecule has 8 rings (SSSR count). The first-order valence-electron chi connectivity index (χ1n) is 22.2. The Morgan fingerprint density at radius 3 is 2.08 bits per heavy atom. The van der Waals surface area contributed by atoms with Crippen LogP contribution in [0.5, 0.6) is 5.75 Å². The SMILES string of the molecule is COC(=O)N[C@H](C(=O)N1[C@@H](C)CC[C@H]1c1ncc(-c2ccc3c(c2)COc2cc4c(ccc5nc(C6CC[C@H](C)N6C(=O)[C@@H](NC(=O)OC)C(C)OC(C)(C)C)[nH]c54)cc2-3)[nH]1)C(C)C. The van der Waals surface area contributed by atoms with Crippen LogP contribution in [0.3, 0.4) is 0 Å². The highest BCUT2D eigenvalue weighted by Gasteiger charge is 2.44. The Morgan fingerprint density at radius 2 is 1.44 bits per heavy atom. The van der Waals surface area contributed by atoms with Crippen LogP contribution in [0.25, 0.3) is 44.2 Å². The summed E-state index contributed by atoms with van der Waals surface area (Å²) in [5.41, 5.74) is 5.96. The van der Waals surface area contributed by atoms with E-state index >= 15 is 0 Å². The number of imidazole rings is 2. The van der Waals surface area contributed by atoms with Crippen LogP contribution in [0.1, 0.15) is 110 Å². The summed E-state index contributed by atoms with van der Waals surface area (Å²) in [5, 5.41) is 7.42. The molecule has 16 heteroatoms. The molecule has 4 amide bonds. The molecule has 2 unspecified atom stereocenters. The van der Waals surface area contributed by atoms with Gasteiger partial charge >= 0.3 is 12.2 Å². The van der Waals surface area contributed by atoms with Gasteiger partial charge in [-0.1, -0.05) is 32.0 Å². The highest BCUT2D eigenvalue weighted by Crippen LogP contribution is 2.44. The van der Waals surface area contributed by atoms with E-state index in [1.807, 2.05) is 70.5 Å². The fourth-order valence-corrected chi connectivity index (χ4v) is 9.75. The summed E-state index contributed by atoms with van der Waals surface area (Å²) in [7, 11) is 2.57. The summed E-state index contributed by atoms with van der Waals surface area (Å²) in [6.07, 6.45) is 2.89. The minimum atomic E-state index is -0.967. The number of H-pyrrole nitrogens is 2. The number of nitrogens with zero attached hydrogens (tertiary/aromatic N) is 4. The number of carbonyl (C=O) groups excluding carboxylic acids is 4. The second kappa shape index (κ2) is 17.4. The van der Waals surface area contributed by atoms with E-state index in [4.69, 9.17) is 28.9 Å². The molecule has 3 aliphatic heterocycles. The van der Waals surface area contributed by atoms with Crippen LogP contribution >= 0.6 is 0 Å².